The number of hydrogen-bond acceptors (Lipinski definition) is 3. The third kappa shape index (κ3) is 4.16. The number of nitrogens with one attached hydrogen (secondary N) is 1. The van der Waals surface area contributed by atoms with Gasteiger partial charge in [0.25, 0.3) is 0 Å². The summed E-state index contributed by atoms with van der Waals surface area (Å²) in [7, 11) is 0. The molecule has 1 aromatic rings. The third-order valence-corrected chi connectivity index (χ3v) is 2.25. The Kier molecular flexibility index (Phi) is 4.08. The Labute approximate surface area is 95.5 Å². The zero-order valence-electron chi connectivity index (χ0n) is 9.29. The minimum absolute atomic E-state index is 0.0256. The van der Waals surface area contributed by atoms with Crippen LogP contribution in [0.2, 0.25) is 5.02 Å². The molecule has 0 bridgehead atoms. The number of aliphatic hydroxyl groups is 1. The summed E-state index contributed by atoms with van der Waals surface area (Å²) in [5.41, 5.74) is 0.498. The van der Waals surface area contributed by atoms with Gasteiger partial charge in [0.15, 0.2) is 0 Å². The smallest absolute Gasteiger partial charge is 0.110 e. The van der Waals surface area contributed by atoms with Gasteiger partial charge in [0.2, 0.25) is 0 Å². The van der Waals surface area contributed by atoms with Crippen LogP contribution >= 0.6 is 11.6 Å². The second kappa shape index (κ2) is 4.92. The molecule has 2 N–H and O–H groups in total. The zero-order chi connectivity index (χ0) is 11.5. The summed E-state index contributed by atoms with van der Waals surface area (Å²) in [5, 5.41) is 13.6. The number of hydrogen-bond donors (Lipinski definition) is 2. The van der Waals surface area contributed by atoms with Gasteiger partial charge in [-0.1, -0.05) is 11.6 Å². The number of nitrogens with zero attached hydrogens (tertiary/aromatic N) is 1. The van der Waals surface area contributed by atoms with Gasteiger partial charge in [0.1, 0.15) is 6.10 Å². The number of pyridine rings is 1. The predicted molar refractivity (Wildman–Crippen MR) is 62.0 cm³/mol. The highest BCUT2D eigenvalue weighted by Crippen LogP contribution is 2.19. The number of rotatable bonds is 3. The minimum Gasteiger partial charge on any atom is -0.385 e. The van der Waals surface area contributed by atoms with Gasteiger partial charge in [-0.15, -0.1) is 0 Å². The normalized spacial score (nSPS) is 13.9. The molecular formula is C11H17ClN2O. The third-order valence-electron chi connectivity index (χ3n) is 1.93. The van der Waals surface area contributed by atoms with Gasteiger partial charge in [-0.3, -0.25) is 4.98 Å². The van der Waals surface area contributed by atoms with E-state index in [9.17, 15) is 5.11 Å². The Bertz CT molecular complexity index is 323. The molecule has 3 nitrogen and oxygen atoms in total. The van der Waals surface area contributed by atoms with Crippen molar-refractivity contribution in [2.75, 3.05) is 6.54 Å². The molecule has 1 aromatic heterocycles. The molecule has 0 saturated heterocycles. The Morgan fingerprint density at radius 3 is 2.73 bits per heavy atom. The fourth-order valence-electron chi connectivity index (χ4n) is 1.14. The molecule has 84 valence electrons. The Morgan fingerprint density at radius 2 is 2.20 bits per heavy atom. The van der Waals surface area contributed by atoms with Crippen molar-refractivity contribution >= 4 is 11.6 Å². The minimum atomic E-state index is -0.669. The molecule has 0 aliphatic rings. The Morgan fingerprint density at radius 1 is 1.53 bits per heavy atom. The van der Waals surface area contributed by atoms with E-state index in [2.05, 4.69) is 10.3 Å². The van der Waals surface area contributed by atoms with E-state index in [4.69, 9.17) is 11.6 Å². The molecule has 0 amide bonds. The first kappa shape index (κ1) is 12.4. The fraction of sp³-hybridized carbons (Fsp3) is 0.545. The van der Waals surface area contributed by atoms with Crippen LogP contribution in [0.5, 0.6) is 0 Å². The lowest BCUT2D eigenvalue weighted by Gasteiger charge is -2.22. The molecule has 0 fully saturated rings. The molecule has 0 aromatic carbocycles. The topological polar surface area (TPSA) is 45.1 Å². The van der Waals surface area contributed by atoms with Crippen molar-refractivity contribution in [1.29, 1.82) is 0 Å². The van der Waals surface area contributed by atoms with Crippen molar-refractivity contribution in [2.24, 2.45) is 0 Å². The largest absolute Gasteiger partial charge is 0.385 e. The molecule has 1 rings (SSSR count). The molecule has 0 radical (unpaired) electrons. The molecule has 1 heterocycles. The van der Waals surface area contributed by atoms with E-state index in [0.717, 1.165) is 0 Å². The first-order valence-electron chi connectivity index (χ1n) is 4.93. The predicted octanol–water partition coefficient (Wildman–Crippen LogP) is 2.16. The lowest BCUT2D eigenvalue weighted by atomic mass is 10.1. The van der Waals surface area contributed by atoms with Crippen molar-refractivity contribution < 1.29 is 5.11 Å². The average Bonchev–Trinajstić information content (AvgIpc) is 2.14. The van der Waals surface area contributed by atoms with Crippen LogP contribution in [0.25, 0.3) is 0 Å². The van der Waals surface area contributed by atoms with Crippen LogP contribution in [-0.2, 0) is 0 Å². The highest BCUT2D eigenvalue weighted by Gasteiger charge is 2.16. The van der Waals surface area contributed by atoms with Gasteiger partial charge >= 0.3 is 0 Å². The maximum atomic E-state index is 9.86. The van der Waals surface area contributed by atoms with Crippen LogP contribution in [-0.4, -0.2) is 22.2 Å². The van der Waals surface area contributed by atoms with Crippen LogP contribution < -0.4 is 5.32 Å². The highest BCUT2D eigenvalue weighted by atomic mass is 35.5. The Balaban J connectivity index is 2.62. The fourth-order valence-corrected chi connectivity index (χ4v) is 1.39. The van der Waals surface area contributed by atoms with E-state index in [1.54, 1.807) is 18.3 Å². The summed E-state index contributed by atoms with van der Waals surface area (Å²) in [6, 6.07) is 3.47. The summed E-state index contributed by atoms with van der Waals surface area (Å²) < 4.78 is 0. The summed E-state index contributed by atoms with van der Waals surface area (Å²) in [6.07, 6.45) is 0.958. The van der Waals surface area contributed by atoms with Crippen LogP contribution in [0, 0.1) is 0 Å². The molecule has 0 aliphatic carbocycles. The van der Waals surface area contributed by atoms with Gasteiger partial charge in [0.05, 0.1) is 10.7 Å². The second-order valence-electron chi connectivity index (χ2n) is 4.52. The molecular weight excluding hydrogens is 212 g/mol. The Hall–Kier alpha value is -0.640. The van der Waals surface area contributed by atoms with Gasteiger partial charge in [0, 0.05) is 18.3 Å². The van der Waals surface area contributed by atoms with E-state index in [1.165, 1.54) is 0 Å². The van der Waals surface area contributed by atoms with Crippen LogP contribution in [0.3, 0.4) is 0 Å². The van der Waals surface area contributed by atoms with Crippen molar-refractivity contribution in [2.45, 2.75) is 32.4 Å². The molecule has 1 atom stereocenters. The standard InChI is InChI=1S/C11H17ClN2O/c1-11(2,3)14-7-9(15)10-8(12)5-4-6-13-10/h4-6,9,14-15H,7H2,1-3H3/t9-/m0/s1. The van der Waals surface area contributed by atoms with Gasteiger partial charge in [-0.25, -0.2) is 0 Å². The first-order valence-corrected chi connectivity index (χ1v) is 5.31. The molecule has 15 heavy (non-hydrogen) atoms. The SMILES string of the molecule is CC(C)(C)NC[C@H](O)c1ncccc1Cl. The number of β-amino-alcohol motifs (C(OH)–C–C–N with tert-alkyl or cyclic N) is 1. The van der Waals surface area contributed by atoms with E-state index in [1.807, 2.05) is 20.8 Å². The van der Waals surface area contributed by atoms with E-state index in [-0.39, 0.29) is 5.54 Å². The zero-order valence-corrected chi connectivity index (χ0v) is 10.0. The van der Waals surface area contributed by atoms with Crippen molar-refractivity contribution in [3.63, 3.8) is 0 Å². The van der Waals surface area contributed by atoms with Crippen LogP contribution in [0.15, 0.2) is 18.3 Å². The second-order valence-corrected chi connectivity index (χ2v) is 4.92. The lowest BCUT2D eigenvalue weighted by Crippen LogP contribution is -2.38. The summed E-state index contributed by atoms with van der Waals surface area (Å²) in [5.74, 6) is 0. The molecule has 0 unspecified atom stereocenters. The maximum Gasteiger partial charge on any atom is 0.110 e. The molecule has 4 heteroatoms. The van der Waals surface area contributed by atoms with Crippen LogP contribution in [0.1, 0.15) is 32.6 Å². The van der Waals surface area contributed by atoms with Crippen molar-refractivity contribution in [1.82, 2.24) is 10.3 Å². The van der Waals surface area contributed by atoms with E-state index >= 15 is 0 Å². The van der Waals surface area contributed by atoms with Crippen molar-refractivity contribution in [3.8, 4) is 0 Å². The van der Waals surface area contributed by atoms with Gasteiger partial charge in [-0.2, -0.15) is 0 Å². The van der Waals surface area contributed by atoms with Gasteiger partial charge in [-0.05, 0) is 32.9 Å². The lowest BCUT2D eigenvalue weighted by molar-refractivity contribution is 0.159. The van der Waals surface area contributed by atoms with Crippen LogP contribution in [0.4, 0.5) is 0 Å². The summed E-state index contributed by atoms with van der Waals surface area (Å²) in [6.45, 7) is 6.57. The average molecular weight is 229 g/mol. The summed E-state index contributed by atoms with van der Waals surface area (Å²) >= 11 is 5.92. The quantitative estimate of drug-likeness (QED) is 0.834. The van der Waals surface area contributed by atoms with E-state index < -0.39 is 6.10 Å². The summed E-state index contributed by atoms with van der Waals surface area (Å²) in [4.78, 5) is 4.06. The number of aliphatic hydroxyl groups excluding tert-OH is 1. The van der Waals surface area contributed by atoms with Crippen molar-refractivity contribution in [3.05, 3.63) is 29.0 Å². The molecule has 0 spiro atoms. The van der Waals surface area contributed by atoms with E-state index in [0.29, 0.717) is 17.3 Å². The monoisotopic (exact) mass is 228 g/mol. The first-order chi connectivity index (χ1) is 6.90. The van der Waals surface area contributed by atoms with Gasteiger partial charge < -0.3 is 10.4 Å². The highest BCUT2D eigenvalue weighted by molar-refractivity contribution is 6.31. The molecule has 0 saturated carbocycles. The maximum absolute atomic E-state index is 9.86. The number of halogens is 1. The number of aromatic nitrogens is 1. The molecule has 0 aliphatic heterocycles.